The molecule has 15 heteroatoms. The van der Waals surface area contributed by atoms with Crippen molar-refractivity contribution in [2.45, 2.75) is 56.3 Å². The number of carbonyl (C=O) groups excluding carboxylic acids is 3. The predicted molar refractivity (Wildman–Crippen MR) is 146 cm³/mol. The highest BCUT2D eigenvalue weighted by Gasteiger charge is 2.31. The van der Waals surface area contributed by atoms with E-state index >= 15 is 0 Å². The smallest absolute Gasteiger partial charge is 0.326 e. The van der Waals surface area contributed by atoms with Gasteiger partial charge in [-0.25, -0.2) is 4.79 Å². The molecule has 218 valence electrons. The van der Waals surface area contributed by atoms with E-state index in [9.17, 15) is 33.9 Å². The summed E-state index contributed by atoms with van der Waals surface area (Å²) >= 11 is 1.37. The van der Waals surface area contributed by atoms with Crippen LogP contribution < -0.4 is 21.7 Å². The first-order chi connectivity index (χ1) is 18.9. The number of amides is 3. The van der Waals surface area contributed by atoms with Crippen LogP contribution in [0.1, 0.15) is 31.2 Å². The zero-order chi connectivity index (χ0) is 29.8. The fourth-order valence-corrected chi connectivity index (χ4v) is 4.34. The van der Waals surface area contributed by atoms with Crippen molar-refractivity contribution in [1.82, 2.24) is 20.9 Å². The highest BCUT2D eigenvalue weighted by molar-refractivity contribution is 7.98. The molecule has 0 aliphatic carbocycles. The molecule has 0 spiro atoms. The second kappa shape index (κ2) is 15.5. The number of hydrogen-bond donors (Lipinski definition) is 8. The molecule has 0 radical (unpaired) electrons. The molecular formula is C25H33N5O9S. The molecule has 1 heterocycles. The first kappa shape index (κ1) is 32.1. The van der Waals surface area contributed by atoms with E-state index in [-0.39, 0.29) is 19.3 Å². The van der Waals surface area contributed by atoms with Crippen LogP contribution in [0.2, 0.25) is 0 Å². The minimum Gasteiger partial charge on any atom is -0.481 e. The zero-order valence-electron chi connectivity index (χ0n) is 21.7. The summed E-state index contributed by atoms with van der Waals surface area (Å²) in [6.07, 6.45) is 1.88. The third-order valence-corrected chi connectivity index (χ3v) is 6.61. The number of carbonyl (C=O) groups is 6. The van der Waals surface area contributed by atoms with Crippen LogP contribution in [0.4, 0.5) is 0 Å². The predicted octanol–water partition coefficient (Wildman–Crippen LogP) is -0.331. The van der Waals surface area contributed by atoms with Gasteiger partial charge in [-0.1, -0.05) is 18.2 Å². The van der Waals surface area contributed by atoms with E-state index in [1.807, 2.05) is 12.1 Å². The van der Waals surface area contributed by atoms with Gasteiger partial charge in [0.05, 0.1) is 12.5 Å². The maximum Gasteiger partial charge on any atom is 0.326 e. The standard InChI is InChI=1S/C25H33N5O9S/c1-40-9-8-18(28-22(35)15(26)11-21(33)34)24(37)29-17(6-7-20(31)32)23(36)30-19(25(38)39)10-13-12-27-16-5-3-2-4-14(13)16/h2-5,12,15,17-19,27H,6-11,26H2,1H3,(H,28,35)(H,29,37)(H,30,36)(H,31,32)(H,33,34)(H,38,39). The first-order valence-electron chi connectivity index (χ1n) is 12.3. The second-order valence-electron chi connectivity index (χ2n) is 9.00. The minimum atomic E-state index is -1.44. The molecule has 1 aromatic heterocycles. The number of aliphatic carboxylic acids is 3. The number of para-hydroxylation sites is 1. The average Bonchev–Trinajstić information content (AvgIpc) is 3.30. The first-order valence-corrected chi connectivity index (χ1v) is 13.7. The molecule has 0 saturated heterocycles. The molecule has 0 saturated carbocycles. The van der Waals surface area contributed by atoms with Gasteiger partial charge in [0.2, 0.25) is 17.7 Å². The van der Waals surface area contributed by atoms with E-state index in [1.165, 1.54) is 11.8 Å². The van der Waals surface area contributed by atoms with Gasteiger partial charge in [0.25, 0.3) is 0 Å². The van der Waals surface area contributed by atoms with Crippen LogP contribution in [0.15, 0.2) is 30.5 Å². The summed E-state index contributed by atoms with van der Waals surface area (Å²) in [5, 5.41) is 35.7. The summed E-state index contributed by atoms with van der Waals surface area (Å²) in [5.41, 5.74) is 6.99. The monoisotopic (exact) mass is 579 g/mol. The number of H-pyrrole nitrogens is 1. The maximum absolute atomic E-state index is 13.1. The summed E-state index contributed by atoms with van der Waals surface area (Å²) in [5.74, 6) is -6.12. The number of carboxylic acid groups (broad SMARTS) is 3. The Hall–Kier alpha value is -4.11. The normalized spacial score (nSPS) is 13.9. The Balaban J connectivity index is 2.19. The third-order valence-electron chi connectivity index (χ3n) is 5.97. The maximum atomic E-state index is 13.1. The van der Waals surface area contributed by atoms with Crippen molar-refractivity contribution in [2.24, 2.45) is 5.73 Å². The summed E-state index contributed by atoms with van der Waals surface area (Å²) in [7, 11) is 0. The Bertz CT molecular complexity index is 1230. The fraction of sp³-hybridized carbons (Fsp3) is 0.440. The van der Waals surface area contributed by atoms with Crippen LogP contribution in [0, 0.1) is 0 Å². The van der Waals surface area contributed by atoms with Crippen LogP contribution in [0.25, 0.3) is 10.9 Å². The van der Waals surface area contributed by atoms with Crippen molar-refractivity contribution in [3.8, 4) is 0 Å². The Morgan fingerprint density at radius 2 is 1.48 bits per heavy atom. The Labute approximate surface area is 233 Å². The molecular weight excluding hydrogens is 546 g/mol. The van der Waals surface area contributed by atoms with E-state index in [4.69, 9.17) is 15.9 Å². The van der Waals surface area contributed by atoms with Gasteiger partial charge in [-0.15, -0.1) is 0 Å². The highest BCUT2D eigenvalue weighted by Crippen LogP contribution is 2.19. The molecule has 0 aliphatic heterocycles. The van der Waals surface area contributed by atoms with Crippen molar-refractivity contribution in [2.75, 3.05) is 12.0 Å². The fourth-order valence-electron chi connectivity index (χ4n) is 3.87. The Morgan fingerprint density at radius 1 is 0.875 bits per heavy atom. The third kappa shape index (κ3) is 9.89. The van der Waals surface area contributed by atoms with Gasteiger partial charge in [-0.3, -0.25) is 24.0 Å². The van der Waals surface area contributed by atoms with Gasteiger partial charge in [-0.05, 0) is 36.5 Å². The van der Waals surface area contributed by atoms with E-state index in [0.29, 0.717) is 11.3 Å². The molecule has 2 rings (SSSR count). The Kier molecular flexibility index (Phi) is 12.4. The topological polar surface area (TPSA) is 241 Å². The van der Waals surface area contributed by atoms with E-state index < -0.39 is 72.6 Å². The van der Waals surface area contributed by atoms with Crippen LogP contribution in [0.3, 0.4) is 0 Å². The summed E-state index contributed by atoms with van der Waals surface area (Å²) in [6, 6.07) is 1.74. The molecule has 0 fully saturated rings. The number of thioether (sulfide) groups is 1. The van der Waals surface area contributed by atoms with Crippen molar-refractivity contribution < 1.29 is 44.1 Å². The second-order valence-corrected chi connectivity index (χ2v) is 9.99. The lowest BCUT2D eigenvalue weighted by Gasteiger charge is -2.25. The number of rotatable bonds is 17. The van der Waals surface area contributed by atoms with Gasteiger partial charge < -0.3 is 42.0 Å². The van der Waals surface area contributed by atoms with Gasteiger partial charge in [0.15, 0.2) is 0 Å². The van der Waals surface area contributed by atoms with Crippen molar-refractivity contribution in [3.63, 3.8) is 0 Å². The SMILES string of the molecule is CSCCC(NC(=O)C(N)CC(=O)O)C(=O)NC(CCC(=O)O)C(=O)NC(Cc1c[nH]c2ccccc12)C(=O)O. The van der Waals surface area contributed by atoms with Crippen molar-refractivity contribution in [3.05, 3.63) is 36.0 Å². The van der Waals surface area contributed by atoms with Gasteiger partial charge in [0.1, 0.15) is 18.1 Å². The lowest BCUT2D eigenvalue weighted by atomic mass is 10.0. The van der Waals surface area contributed by atoms with Gasteiger partial charge in [0, 0.05) is 29.9 Å². The molecule has 40 heavy (non-hydrogen) atoms. The van der Waals surface area contributed by atoms with Crippen LogP contribution in [0.5, 0.6) is 0 Å². The van der Waals surface area contributed by atoms with Crippen molar-refractivity contribution >= 4 is 58.3 Å². The number of aromatic amines is 1. The minimum absolute atomic E-state index is 0.0848. The summed E-state index contributed by atoms with van der Waals surface area (Å²) in [4.78, 5) is 75.6. The summed E-state index contributed by atoms with van der Waals surface area (Å²) in [6.45, 7) is 0. The lowest BCUT2D eigenvalue weighted by Crippen LogP contribution is -2.57. The number of nitrogens with two attached hydrogens (primary N) is 1. The van der Waals surface area contributed by atoms with Crippen LogP contribution in [-0.2, 0) is 35.2 Å². The van der Waals surface area contributed by atoms with Gasteiger partial charge in [-0.2, -0.15) is 11.8 Å². The number of fused-ring (bicyclic) bond motifs is 1. The van der Waals surface area contributed by atoms with Crippen LogP contribution in [-0.4, -0.2) is 92.1 Å². The average molecular weight is 580 g/mol. The van der Waals surface area contributed by atoms with Crippen molar-refractivity contribution in [1.29, 1.82) is 0 Å². The molecule has 9 N–H and O–H groups in total. The van der Waals surface area contributed by atoms with E-state index in [1.54, 1.807) is 24.6 Å². The molecule has 4 unspecified atom stereocenters. The molecule has 4 atom stereocenters. The number of nitrogens with one attached hydrogen (secondary N) is 4. The van der Waals surface area contributed by atoms with Crippen LogP contribution >= 0.6 is 11.8 Å². The number of benzene rings is 1. The highest BCUT2D eigenvalue weighted by atomic mass is 32.2. The summed E-state index contributed by atoms with van der Waals surface area (Å²) < 4.78 is 0. The lowest BCUT2D eigenvalue weighted by molar-refractivity contribution is -0.143. The molecule has 1 aromatic carbocycles. The Morgan fingerprint density at radius 3 is 2.08 bits per heavy atom. The number of hydrogen-bond acceptors (Lipinski definition) is 8. The van der Waals surface area contributed by atoms with E-state index in [0.717, 1.165) is 10.9 Å². The number of aromatic nitrogens is 1. The molecule has 3 amide bonds. The molecule has 14 nitrogen and oxygen atoms in total. The molecule has 0 aliphatic rings. The molecule has 2 aromatic rings. The van der Waals surface area contributed by atoms with E-state index in [2.05, 4.69) is 20.9 Å². The quantitative estimate of drug-likeness (QED) is 0.121. The largest absolute Gasteiger partial charge is 0.481 e. The van der Waals surface area contributed by atoms with Gasteiger partial charge >= 0.3 is 17.9 Å². The molecule has 0 bridgehead atoms. The number of carboxylic acids is 3. The zero-order valence-corrected chi connectivity index (χ0v) is 22.5.